The van der Waals surface area contributed by atoms with Gasteiger partial charge in [0.15, 0.2) is 0 Å². The Bertz CT molecular complexity index is 2420. The fraction of sp³-hybridized carbons (Fsp3) is 0.245. The number of rotatable bonds is 16. The third kappa shape index (κ3) is 8.84. The van der Waals surface area contributed by atoms with Crippen molar-refractivity contribution in [2.75, 3.05) is 31.3 Å². The van der Waals surface area contributed by atoms with E-state index in [-0.39, 0.29) is 31.3 Å². The van der Waals surface area contributed by atoms with Crippen molar-refractivity contribution in [2.24, 2.45) is 0 Å². The maximum Gasteiger partial charge on any atom is 0.333 e. The SMILES string of the molecule is CCOCCOCCC1(CCC(=O)ON2C(=O)CCC2=O)c2cc(/C=C/C3=CC(=C(C#N)C#N)C=C(C)O3)ccc2-c2ccc(N(c3ccccc3)c3ccccc3)cc21. The molecule has 2 amide bonds. The summed E-state index contributed by atoms with van der Waals surface area (Å²) in [5, 5.41) is 19.6. The molecule has 0 aromatic heterocycles. The molecule has 0 saturated carbocycles. The smallest absolute Gasteiger partial charge is 0.333 e. The highest BCUT2D eigenvalue weighted by Gasteiger charge is 2.44. The lowest BCUT2D eigenvalue weighted by Crippen LogP contribution is -2.34. The molecule has 0 bridgehead atoms. The van der Waals surface area contributed by atoms with Gasteiger partial charge in [0.25, 0.3) is 11.8 Å². The second-order valence-corrected chi connectivity index (χ2v) is 14.5. The summed E-state index contributed by atoms with van der Waals surface area (Å²) in [6, 6.07) is 36.7. The summed E-state index contributed by atoms with van der Waals surface area (Å²) in [6.07, 6.45) is 7.69. The van der Waals surface area contributed by atoms with Crippen molar-refractivity contribution in [1.29, 1.82) is 10.5 Å². The summed E-state index contributed by atoms with van der Waals surface area (Å²) >= 11 is 0. The maximum absolute atomic E-state index is 13.6. The summed E-state index contributed by atoms with van der Waals surface area (Å²) in [6.45, 7) is 5.44. The van der Waals surface area contributed by atoms with Crippen molar-refractivity contribution in [3.8, 4) is 23.3 Å². The number of imide groups is 1. The molecule has 2 heterocycles. The number of nitriles is 2. The number of benzene rings is 4. The fourth-order valence-corrected chi connectivity index (χ4v) is 7.96. The third-order valence-corrected chi connectivity index (χ3v) is 10.7. The van der Waals surface area contributed by atoms with Gasteiger partial charge in [-0.3, -0.25) is 9.59 Å². The molecule has 0 N–H and O–H groups in total. The van der Waals surface area contributed by atoms with Crippen LogP contribution in [0.5, 0.6) is 0 Å². The Balaban J connectivity index is 1.33. The Morgan fingerprint density at radius 1 is 0.783 bits per heavy atom. The van der Waals surface area contributed by atoms with Crippen LogP contribution >= 0.6 is 0 Å². The Kier molecular flexibility index (Phi) is 12.8. The molecular weight excluding hydrogens is 757 g/mol. The molecule has 60 heavy (non-hydrogen) atoms. The molecule has 1 aliphatic carbocycles. The number of ether oxygens (including phenoxy) is 3. The van der Waals surface area contributed by atoms with E-state index < -0.39 is 23.2 Å². The number of nitrogens with zero attached hydrogens (tertiary/aromatic N) is 4. The lowest BCUT2D eigenvalue weighted by atomic mass is 9.71. The van der Waals surface area contributed by atoms with Crippen LogP contribution in [0.4, 0.5) is 17.1 Å². The van der Waals surface area contributed by atoms with Crippen molar-refractivity contribution in [2.45, 2.75) is 51.4 Å². The minimum Gasteiger partial charge on any atom is -0.462 e. The van der Waals surface area contributed by atoms with Crippen LogP contribution in [0.25, 0.3) is 17.2 Å². The Morgan fingerprint density at radius 3 is 2.07 bits per heavy atom. The van der Waals surface area contributed by atoms with Gasteiger partial charge in [-0.05, 0) is 109 Å². The minimum absolute atomic E-state index is 0.00148. The van der Waals surface area contributed by atoms with Crippen LogP contribution in [-0.2, 0) is 38.8 Å². The average molecular weight is 801 g/mol. The van der Waals surface area contributed by atoms with Crippen LogP contribution in [-0.4, -0.2) is 49.3 Å². The summed E-state index contributed by atoms with van der Waals surface area (Å²) in [5.41, 5.74) is 7.34. The van der Waals surface area contributed by atoms with E-state index in [1.54, 1.807) is 25.2 Å². The number of anilines is 3. The number of carbonyl (C=O) groups excluding carboxylic acids is 3. The lowest BCUT2D eigenvalue weighted by Gasteiger charge is -2.34. The molecule has 1 saturated heterocycles. The van der Waals surface area contributed by atoms with Crippen LogP contribution < -0.4 is 4.90 Å². The first-order valence-corrected chi connectivity index (χ1v) is 20.0. The molecule has 1 atom stereocenters. The van der Waals surface area contributed by atoms with Gasteiger partial charge in [0.2, 0.25) is 0 Å². The zero-order valence-electron chi connectivity index (χ0n) is 33.6. The second kappa shape index (κ2) is 18.7. The Hall–Kier alpha value is -7.05. The van der Waals surface area contributed by atoms with E-state index in [2.05, 4.69) is 59.5 Å². The van der Waals surface area contributed by atoms with Gasteiger partial charge in [-0.25, -0.2) is 4.79 Å². The number of allylic oxidation sites excluding steroid dienone is 6. The topological polar surface area (TPSA) is 142 Å². The molecular formula is C49H44N4O7. The molecule has 302 valence electrons. The zero-order valence-corrected chi connectivity index (χ0v) is 33.6. The van der Waals surface area contributed by atoms with E-state index in [9.17, 15) is 24.9 Å². The standard InChI is InChI=1S/C49H44N4O7/c1-3-57-26-27-58-25-24-49(23-22-48(56)60-53-46(54)20-21-47(53)55)44-29-35(14-17-41-30-36(28-34(2)59-41)37(32-50)33-51)15-18-42(44)43-19-16-40(31-45(43)49)52(38-10-6-4-7-11-38)39-12-8-5-9-13-39/h4-19,28-31H,3,20-27H2,1-2H3/b17-14+. The molecule has 4 aromatic rings. The van der Waals surface area contributed by atoms with E-state index in [0.717, 1.165) is 44.9 Å². The number of para-hydroxylation sites is 2. The van der Waals surface area contributed by atoms with Crippen molar-refractivity contribution < 1.29 is 33.4 Å². The van der Waals surface area contributed by atoms with Gasteiger partial charge in [0, 0.05) is 60.5 Å². The summed E-state index contributed by atoms with van der Waals surface area (Å²) in [4.78, 5) is 46.0. The maximum atomic E-state index is 13.6. The molecule has 4 aromatic carbocycles. The van der Waals surface area contributed by atoms with Gasteiger partial charge < -0.3 is 23.9 Å². The van der Waals surface area contributed by atoms with Gasteiger partial charge in [-0.2, -0.15) is 10.5 Å². The highest BCUT2D eigenvalue weighted by atomic mass is 16.7. The van der Waals surface area contributed by atoms with Crippen LogP contribution in [0.3, 0.4) is 0 Å². The third-order valence-electron chi connectivity index (χ3n) is 10.7. The number of carbonyl (C=O) groups is 3. The number of hydrogen-bond donors (Lipinski definition) is 0. The number of fused-ring (bicyclic) bond motifs is 3. The highest BCUT2D eigenvalue weighted by Crippen LogP contribution is 2.55. The van der Waals surface area contributed by atoms with Crippen molar-refractivity contribution >= 4 is 40.9 Å². The van der Waals surface area contributed by atoms with Gasteiger partial charge >= 0.3 is 5.97 Å². The average Bonchev–Trinajstić information content (AvgIpc) is 3.72. The zero-order chi connectivity index (χ0) is 42.1. The Labute approximate surface area is 349 Å². The molecule has 11 heteroatoms. The molecule has 7 rings (SSSR count). The van der Waals surface area contributed by atoms with Gasteiger partial charge in [-0.15, -0.1) is 5.06 Å². The molecule has 1 unspecified atom stereocenters. The van der Waals surface area contributed by atoms with Gasteiger partial charge in [0.1, 0.15) is 29.2 Å². The summed E-state index contributed by atoms with van der Waals surface area (Å²) in [5.74, 6) is -0.747. The van der Waals surface area contributed by atoms with Crippen LogP contribution in [0.15, 0.2) is 138 Å². The molecule has 1 fully saturated rings. The predicted molar refractivity (Wildman–Crippen MR) is 226 cm³/mol. The summed E-state index contributed by atoms with van der Waals surface area (Å²) < 4.78 is 17.7. The largest absolute Gasteiger partial charge is 0.462 e. The second-order valence-electron chi connectivity index (χ2n) is 14.5. The fourth-order valence-electron chi connectivity index (χ4n) is 7.96. The Morgan fingerprint density at radius 2 is 1.42 bits per heavy atom. The molecule has 2 aliphatic heterocycles. The number of hydroxylamine groups is 2. The molecule has 0 radical (unpaired) electrons. The van der Waals surface area contributed by atoms with Gasteiger partial charge in [-0.1, -0.05) is 66.7 Å². The van der Waals surface area contributed by atoms with Crippen LogP contribution in [0.1, 0.15) is 62.6 Å². The highest BCUT2D eigenvalue weighted by molar-refractivity contribution is 6.01. The van der Waals surface area contributed by atoms with Crippen LogP contribution in [0, 0.1) is 22.7 Å². The summed E-state index contributed by atoms with van der Waals surface area (Å²) in [7, 11) is 0. The predicted octanol–water partition coefficient (Wildman–Crippen LogP) is 9.43. The molecule has 0 spiro atoms. The minimum atomic E-state index is -0.794. The van der Waals surface area contributed by atoms with E-state index in [4.69, 9.17) is 19.0 Å². The normalized spacial score (nSPS) is 16.7. The van der Waals surface area contributed by atoms with Crippen molar-refractivity contribution in [3.63, 3.8) is 0 Å². The quantitative estimate of drug-likeness (QED) is 0.0611. The van der Waals surface area contributed by atoms with Crippen molar-refractivity contribution in [3.05, 3.63) is 155 Å². The van der Waals surface area contributed by atoms with E-state index in [0.29, 0.717) is 55.0 Å². The number of hydrogen-bond acceptors (Lipinski definition) is 10. The first-order chi connectivity index (χ1) is 29.2. The van der Waals surface area contributed by atoms with E-state index >= 15 is 0 Å². The van der Waals surface area contributed by atoms with Gasteiger partial charge in [0.05, 0.1) is 13.2 Å². The molecule has 11 nitrogen and oxygen atoms in total. The van der Waals surface area contributed by atoms with Crippen LogP contribution in [0.2, 0.25) is 0 Å². The van der Waals surface area contributed by atoms with E-state index in [1.807, 2.05) is 67.6 Å². The van der Waals surface area contributed by atoms with Crippen molar-refractivity contribution in [1.82, 2.24) is 5.06 Å². The first kappa shape index (κ1) is 41.1. The number of amides is 2. The monoisotopic (exact) mass is 800 g/mol. The molecule has 3 aliphatic rings. The van der Waals surface area contributed by atoms with E-state index in [1.165, 1.54) is 0 Å². The first-order valence-electron chi connectivity index (χ1n) is 20.0. The lowest BCUT2D eigenvalue weighted by molar-refractivity contribution is -0.197.